The second-order valence-electron chi connectivity index (χ2n) is 3.83. The predicted molar refractivity (Wildman–Crippen MR) is 61.9 cm³/mol. The normalized spacial score (nSPS) is 10.5. The third kappa shape index (κ3) is 4.40. The topological polar surface area (TPSA) is 42.4 Å². The number of aromatic nitrogens is 1. The molecule has 0 aliphatic carbocycles. The van der Waals surface area contributed by atoms with E-state index in [-0.39, 0.29) is 5.97 Å². The summed E-state index contributed by atoms with van der Waals surface area (Å²) in [4.78, 5) is 17.4. The third-order valence-corrected chi connectivity index (χ3v) is 2.30. The van der Waals surface area contributed by atoms with Crippen molar-refractivity contribution in [2.24, 2.45) is 0 Å². The van der Waals surface area contributed by atoms with E-state index in [4.69, 9.17) is 0 Å². The molecule has 0 unspecified atom stereocenters. The molecule has 1 heterocycles. The first-order valence-corrected chi connectivity index (χ1v) is 5.29. The molecule has 0 N–H and O–H groups in total. The molecule has 4 nitrogen and oxygen atoms in total. The molecule has 0 spiro atoms. The highest BCUT2D eigenvalue weighted by molar-refractivity contribution is 5.69. The van der Waals surface area contributed by atoms with Crippen LogP contribution in [0.3, 0.4) is 0 Å². The molecule has 0 atom stereocenters. The Balaban J connectivity index is 2.39. The van der Waals surface area contributed by atoms with Crippen molar-refractivity contribution >= 4 is 5.97 Å². The maximum atomic E-state index is 11.0. The first-order valence-electron chi connectivity index (χ1n) is 5.29. The number of hydrogen-bond acceptors (Lipinski definition) is 4. The second kappa shape index (κ2) is 6.23. The van der Waals surface area contributed by atoms with E-state index >= 15 is 0 Å². The van der Waals surface area contributed by atoms with E-state index in [0.29, 0.717) is 13.0 Å². The molecule has 16 heavy (non-hydrogen) atoms. The van der Waals surface area contributed by atoms with E-state index in [0.717, 1.165) is 17.9 Å². The van der Waals surface area contributed by atoms with Gasteiger partial charge < -0.3 is 4.74 Å². The number of pyridine rings is 1. The van der Waals surface area contributed by atoms with E-state index in [2.05, 4.69) is 14.6 Å². The van der Waals surface area contributed by atoms with Crippen molar-refractivity contribution in [1.29, 1.82) is 0 Å². The van der Waals surface area contributed by atoms with Crippen molar-refractivity contribution in [2.75, 3.05) is 20.7 Å². The van der Waals surface area contributed by atoms with Gasteiger partial charge in [-0.05, 0) is 26.1 Å². The van der Waals surface area contributed by atoms with Gasteiger partial charge in [-0.2, -0.15) is 0 Å². The molecule has 0 radical (unpaired) electrons. The van der Waals surface area contributed by atoms with Crippen molar-refractivity contribution in [3.8, 4) is 0 Å². The number of aryl methyl sites for hydroxylation is 1. The Labute approximate surface area is 96.2 Å². The Morgan fingerprint density at radius 2 is 2.25 bits per heavy atom. The Morgan fingerprint density at radius 3 is 2.88 bits per heavy atom. The zero-order chi connectivity index (χ0) is 12.0. The van der Waals surface area contributed by atoms with Crippen LogP contribution < -0.4 is 0 Å². The Hall–Kier alpha value is -1.42. The molecular formula is C12H18N2O2. The molecule has 1 aromatic rings. The van der Waals surface area contributed by atoms with Crippen LogP contribution in [0.2, 0.25) is 0 Å². The molecule has 0 aliphatic heterocycles. The van der Waals surface area contributed by atoms with Gasteiger partial charge in [0.1, 0.15) is 0 Å². The summed E-state index contributed by atoms with van der Waals surface area (Å²) in [6.07, 6.45) is 0.415. The van der Waals surface area contributed by atoms with E-state index in [9.17, 15) is 4.79 Å². The van der Waals surface area contributed by atoms with E-state index in [1.165, 1.54) is 7.11 Å². The lowest BCUT2D eigenvalue weighted by Crippen LogP contribution is -2.22. The molecule has 4 heteroatoms. The highest BCUT2D eigenvalue weighted by atomic mass is 16.5. The monoisotopic (exact) mass is 222 g/mol. The van der Waals surface area contributed by atoms with Gasteiger partial charge in [0.15, 0.2) is 0 Å². The summed E-state index contributed by atoms with van der Waals surface area (Å²) in [5.41, 5.74) is 2.03. The third-order valence-electron chi connectivity index (χ3n) is 2.30. The van der Waals surface area contributed by atoms with Crippen LogP contribution >= 0.6 is 0 Å². The van der Waals surface area contributed by atoms with Gasteiger partial charge in [-0.3, -0.25) is 14.7 Å². The number of methoxy groups -OCH3 is 1. The zero-order valence-electron chi connectivity index (χ0n) is 10.1. The molecule has 0 aromatic carbocycles. The average molecular weight is 222 g/mol. The summed E-state index contributed by atoms with van der Waals surface area (Å²) >= 11 is 0. The zero-order valence-corrected chi connectivity index (χ0v) is 10.1. The van der Waals surface area contributed by atoms with Gasteiger partial charge >= 0.3 is 5.97 Å². The summed E-state index contributed by atoms with van der Waals surface area (Å²) in [5.74, 6) is -0.177. The van der Waals surface area contributed by atoms with Crippen LogP contribution in [-0.2, 0) is 16.1 Å². The second-order valence-corrected chi connectivity index (χ2v) is 3.83. The van der Waals surface area contributed by atoms with Crippen LogP contribution in [0.25, 0.3) is 0 Å². The lowest BCUT2D eigenvalue weighted by Gasteiger charge is -2.15. The molecule has 1 rings (SSSR count). The van der Waals surface area contributed by atoms with Crippen molar-refractivity contribution in [3.63, 3.8) is 0 Å². The minimum atomic E-state index is -0.177. The summed E-state index contributed by atoms with van der Waals surface area (Å²) in [7, 11) is 3.37. The first-order chi connectivity index (χ1) is 7.61. The number of carbonyl (C=O) groups is 1. The summed E-state index contributed by atoms with van der Waals surface area (Å²) in [6, 6.07) is 5.95. The summed E-state index contributed by atoms with van der Waals surface area (Å²) in [5, 5.41) is 0. The van der Waals surface area contributed by atoms with Crippen molar-refractivity contribution < 1.29 is 9.53 Å². The standard InChI is InChI=1S/C12H18N2O2/c1-10-5-4-6-11(13-10)9-14(2)8-7-12(15)16-3/h4-6H,7-9H2,1-3H3. The predicted octanol–water partition coefficient (Wildman–Crippen LogP) is 1.38. The van der Waals surface area contributed by atoms with Gasteiger partial charge in [0.2, 0.25) is 0 Å². The van der Waals surface area contributed by atoms with Crippen LogP contribution in [0, 0.1) is 6.92 Å². The average Bonchev–Trinajstić information content (AvgIpc) is 2.26. The molecule has 0 bridgehead atoms. The van der Waals surface area contributed by atoms with Crippen LogP contribution in [-0.4, -0.2) is 36.6 Å². The molecule has 0 fully saturated rings. The summed E-state index contributed by atoms with van der Waals surface area (Å²) in [6.45, 7) is 3.40. The molecule has 1 aromatic heterocycles. The number of esters is 1. The molecule has 0 amide bonds. The number of carbonyl (C=O) groups excluding carboxylic acids is 1. The van der Waals surface area contributed by atoms with Crippen LogP contribution in [0.4, 0.5) is 0 Å². The SMILES string of the molecule is COC(=O)CCN(C)Cc1cccc(C)n1. The Kier molecular flexibility index (Phi) is 4.92. The molecule has 0 saturated heterocycles. The van der Waals surface area contributed by atoms with Crippen LogP contribution in [0.5, 0.6) is 0 Å². The first kappa shape index (κ1) is 12.6. The minimum absolute atomic E-state index is 0.177. The molecule has 0 saturated carbocycles. The van der Waals surface area contributed by atoms with Crippen molar-refractivity contribution in [3.05, 3.63) is 29.6 Å². The van der Waals surface area contributed by atoms with Gasteiger partial charge in [0.25, 0.3) is 0 Å². The van der Waals surface area contributed by atoms with Crippen molar-refractivity contribution in [1.82, 2.24) is 9.88 Å². The van der Waals surface area contributed by atoms with E-state index < -0.39 is 0 Å². The van der Waals surface area contributed by atoms with Gasteiger partial charge in [-0.25, -0.2) is 0 Å². The molecular weight excluding hydrogens is 204 g/mol. The van der Waals surface area contributed by atoms with E-state index in [1.54, 1.807) is 0 Å². The molecule has 0 aliphatic rings. The lowest BCUT2D eigenvalue weighted by atomic mass is 10.3. The quantitative estimate of drug-likeness (QED) is 0.706. The maximum Gasteiger partial charge on any atom is 0.306 e. The minimum Gasteiger partial charge on any atom is -0.469 e. The van der Waals surface area contributed by atoms with Crippen LogP contribution in [0.1, 0.15) is 17.8 Å². The highest BCUT2D eigenvalue weighted by Gasteiger charge is 2.05. The van der Waals surface area contributed by atoms with Gasteiger partial charge in [-0.1, -0.05) is 6.07 Å². The molecule has 88 valence electrons. The van der Waals surface area contributed by atoms with Crippen LogP contribution in [0.15, 0.2) is 18.2 Å². The lowest BCUT2D eigenvalue weighted by molar-refractivity contribution is -0.140. The number of rotatable bonds is 5. The largest absolute Gasteiger partial charge is 0.469 e. The fraction of sp³-hybridized carbons (Fsp3) is 0.500. The smallest absolute Gasteiger partial charge is 0.306 e. The van der Waals surface area contributed by atoms with Crippen molar-refractivity contribution in [2.45, 2.75) is 19.9 Å². The fourth-order valence-electron chi connectivity index (χ4n) is 1.43. The number of nitrogens with zero attached hydrogens (tertiary/aromatic N) is 2. The van der Waals surface area contributed by atoms with Gasteiger partial charge in [0, 0.05) is 18.8 Å². The highest BCUT2D eigenvalue weighted by Crippen LogP contribution is 2.02. The Morgan fingerprint density at radius 1 is 1.50 bits per heavy atom. The Bertz CT molecular complexity index is 353. The summed E-state index contributed by atoms with van der Waals surface area (Å²) < 4.78 is 4.59. The maximum absolute atomic E-state index is 11.0. The van der Waals surface area contributed by atoms with E-state index in [1.807, 2.05) is 32.2 Å². The van der Waals surface area contributed by atoms with Gasteiger partial charge in [-0.15, -0.1) is 0 Å². The number of hydrogen-bond donors (Lipinski definition) is 0. The van der Waals surface area contributed by atoms with Gasteiger partial charge in [0.05, 0.1) is 19.2 Å². The fourth-order valence-corrected chi connectivity index (χ4v) is 1.43. The number of ether oxygens (including phenoxy) is 1.